The van der Waals surface area contributed by atoms with Crippen LogP contribution in [0.3, 0.4) is 0 Å². The van der Waals surface area contributed by atoms with Crippen LogP contribution in [0.5, 0.6) is 0 Å². The maximum atomic E-state index is 6.04. The summed E-state index contributed by atoms with van der Waals surface area (Å²) in [6.07, 6.45) is 2.73. The molecule has 0 aromatic heterocycles. The number of ether oxygens (including phenoxy) is 1. The molecule has 0 aliphatic rings. The molecule has 0 heterocycles. The summed E-state index contributed by atoms with van der Waals surface area (Å²) in [6.45, 7) is 7.05. The van der Waals surface area contributed by atoms with Gasteiger partial charge in [0.15, 0.2) is 0 Å². The summed E-state index contributed by atoms with van der Waals surface area (Å²) in [6, 6.07) is 8.35. The van der Waals surface area contributed by atoms with Gasteiger partial charge in [-0.1, -0.05) is 48.0 Å². The third-order valence-corrected chi connectivity index (χ3v) is 4.62. The SMILES string of the molecule is CCOC(CC)(CC)C(Cc1ccccc1Br)NN. The predicted molar refractivity (Wildman–Crippen MR) is 83.9 cm³/mol. The molecule has 1 atom stereocenters. The van der Waals surface area contributed by atoms with Crippen molar-refractivity contribution in [1.82, 2.24) is 5.43 Å². The van der Waals surface area contributed by atoms with Crippen LogP contribution in [0.4, 0.5) is 0 Å². The Morgan fingerprint density at radius 2 is 1.89 bits per heavy atom. The molecule has 0 bridgehead atoms. The fourth-order valence-electron chi connectivity index (χ4n) is 2.62. The lowest BCUT2D eigenvalue weighted by Crippen LogP contribution is -2.55. The predicted octanol–water partition coefficient (Wildman–Crippen LogP) is 3.42. The zero-order valence-corrected chi connectivity index (χ0v) is 13.7. The highest BCUT2D eigenvalue weighted by atomic mass is 79.9. The zero-order chi connectivity index (χ0) is 14.3. The number of rotatable bonds is 8. The van der Waals surface area contributed by atoms with Crippen LogP contribution < -0.4 is 11.3 Å². The summed E-state index contributed by atoms with van der Waals surface area (Å²) in [5.74, 6) is 5.79. The van der Waals surface area contributed by atoms with Gasteiger partial charge >= 0.3 is 0 Å². The summed E-state index contributed by atoms with van der Waals surface area (Å²) in [5.41, 5.74) is 4.00. The van der Waals surface area contributed by atoms with E-state index < -0.39 is 0 Å². The van der Waals surface area contributed by atoms with E-state index in [4.69, 9.17) is 10.6 Å². The minimum absolute atomic E-state index is 0.0983. The summed E-state index contributed by atoms with van der Waals surface area (Å²) in [5, 5.41) is 0. The molecule has 1 aromatic carbocycles. The van der Waals surface area contributed by atoms with E-state index >= 15 is 0 Å². The van der Waals surface area contributed by atoms with Crippen molar-refractivity contribution in [2.24, 2.45) is 5.84 Å². The fraction of sp³-hybridized carbons (Fsp3) is 0.600. The highest BCUT2D eigenvalue weighted by Crippen LogP contribution is 2.28. The third kappa shape index (κ3) is 4.02. The standard InChI is InChI=1S/C15H25BrN2O/c1-4-15(5-2,19-6-3)14(18-17)11-12-9-7-8-10-13(12)16/h7-10,14,18H,4-6,11,17H2,1-3H3. The zero-order valence-electron chi connectivity index (χ0n) is 12.1. The first-order chi connectivity index (χ1) is 9.13. The summed E-state index contributed by atoms with van der Waals surface area (Å²) in [7, 11) is 0. The van der Waals surface area contributed by atoms with Crippen LogP contribution in [-0.4, -0.2) is 18.2 Å². The highest BCUT2D eigenvalue weighted by molar-refractivity contribution is 9.10. The first kappa shape index (κ1) is 16.6. The quantitative estimate of drug-likeness (QED) is 0.567. The molecule has 0 radical (unpaired) electrons. The molecule has 0 saturated carbocycles. The molecule has 0 aliphatic heterocycles. The van der Waals surface area contributed by atoms with Gasteiger partial charge in [-0.25, -0.2) is 0 Å². The van der Waals surface area contributed by atoms with Crippen LogP contribution >= 0.6 is 15.9 Å². The molecule has 0 aliphatic carbocycles. The topological polar surface area (TPSA) is 47.3 Å². The number of nitrogens with two attached hydrogens (primary N) is 1. The van der Waals surface area contributed by atoms with Crippen LogP contribution in [0.25, 0.3) is 0 Å². The van der Waals surface area contributed by atoms with Gasteiger partial charge in [0, 0.05) is 11.1 Å². The van der Waals surface area contributed by atoms with E-state index in [2.05, 4.69) is 47.3 Å². The Hall–Kier alpha value is -0.420. The molecule has 19 heavy (non-hydrogen) atoms. The Labute approximate surface area is 125 Å². The van der Waals surface area contributed by atoms with Crippen LogP contribution in [0.15, 0.2) is 28.7 Å². The van der Waals surface area contributed by atoms with Gasteiger partial charge in [0.05, 0.1) is 11.6 Å². The Morgan fingerprint density at radius 3 is 2.37 bits per heavy atom. The minimum atomic E-state index is -0.210. The van der Waals surface area contributed by atoms with E-state index in [1.54, 1.807) is 0 Å². The van der Waals surface area contributed by atoms with Crippen molar-refractivity contribution >= 4 is 15.9 Å². The Morgan fingerprint density at radius 1 is 1.26 bits per heavy atom. The molecule has 1 unspecified atom stereocenters. The van der Waals surface area contributed by atoms with Crippen molar-refractivity contribution in [2.45, 2.75) is 51.7 Å². The molecule has 4 heteroatoms. The van der Waals surface area contributed by atoms with Crippen molar-refractivity contribution in [3.05, 3.63) is 34.3 Å². The lowest BCUT2D eigenvalue weighted by atomic mass is 9.84. The third-order valence-electron chi connectivity index (χ3n) is 3.85. The Bertz CT molecular complexity index is 380. The monoisotopic (exact) mass is 328 g/mol. The van der Waals surface area contributed by atoms with E-state index in [0.29, 0.717) is 6.61 Å². The van der Waals surface area contributed by atoms with Gasteiger partial charge in [-0.2, -0.15) is 0 Å². The normalized spacial score (nSPS) is 13.5. The Balaban J connectivity index is 2.95. The summed E-state index contributed by atoms with van der Waals surface area (Å²) in [4.78, 5) is 0. The van der Waals surface area contributed by atoms with Gasteiger partial charge < -0.3 is 4.74 Å². The lowest BCUT2D eigenvalue weighted by molar-refractivity contribution is -0.0719. The minimum Gasteiger partial charge on any atom is -0.374 e. The average molecular weight is 329 g/mol. The molecule has 1 aromatic rings. The molecule has 3 N–H and O–H groups in total. The van der Waals surface area contributed by atoms with E-state index in [1.807, 2.05) is 19.1 Å². The van der Waals surface area contributed by atoms with E-state index in [9.17, 15) is 0 Å². The maximum Gasteiger partial charge on any atom is 0.0846 e. The molecule has 0 saturated heterocycles. The number of hydrazine groups is 1. The van der Waals surface area contributed by atoms with Gasteiger partial charge in [0.2, 0.25) is 0 Å². The van der Waals surface area contributed by atoms with E-state index in [1.165, 1.54) is 5.56 Å². The summed E-state index contributed by atoms with van der Waals surface area (Å²) >= 11 is 3.59. The van der Waals surface area contributed by atoms with Crippen LogP contribution in [0.1, 0.15) is 39.2 Å². The number of hydrogen-bond acceptors (Lipinski definition) is 3. The van der Waals surface area contributed by atoms with Crippen LogP contribution in [0.2, 0.25) is 0 Å². The Kier molecular flexibility index (Phi) is 7.00. The first-order valence-electron chi connectivity index (χ1n) is 6.97. The average Bonchev–Trinajstić information content (AvgIpc) is 2.44. The highest BCUT2D eigenvalue weighted by Gasteiger charge is 2.36. The van der Waals surface area contributed by atoms with Crippen molar-refractivity contribution in [3.63, 3.8) is 0 Å². The van der Waals surface area contributed by atoms with Gasteiger partial charge in [0.1, 0.15) is 0 Å². The van der Waals surface area contributed by atoms with Crippen molar-refractivity contribution < 1.29 is 4.74 Å². The molecule has 0 spiro atoms. The lowest BCUT2D eigenvalue weighted by Gasteiger charge is -2.39. The van der Waals surface area contributed by atoms with Gasteiger partial charge in [-0.05, 0) is 37.8 Å². The molecule has 0 amide bonds. The second-order valence-corrected chi connectivity index (χ2v) is 5.57. The molecular weight excluding hydrogens is 304 g/mol. The molecule has 3 nitrogen and oxygen atoms in total. The molecular formula is C15H25BrN2O. The maximum absolute atomic E-state index is 6.04. The van der Waals surface area contributed by atoms with Crippen molar-refractivity contribution in [2.75, 3.05) is 6.61 Å². The molecule has 108 valence electrons. The fourth-order valence-corrected chi connectivity index (χ4v) is 3.06. The van der Waals surface area contributed by atoms with Crippen molar-refractivity contribution in [3.8, 4) is 0 Å². The number of benzene rings is 1. The molecule has 1 rings (SSSR count). The van der Waals surface area contributed by atoms with Crippen molar-refractivity contribution in [1.29, 1.82) is 0 Å². The van der Waals surface area contributed by atoms with Gasteiger partial charge in [0.25, 0.3) is 0 Å². The van der Waals surface area contributed by atoms with Gasteiger partial charge in [-0.15, -0.1) is 0 Å². The largest absolute Gasteiger partial charge is 0.374 e. The summed E-state index contributed by atoms with van der Waals surface area (Å²) < 4.78 is 7.15. The number of halogens is 1. The van der Waals surface area contributed by atoms with Gasteiger partial charge in [-0.3, -0.25) is 11.3 Å². The second kappa shape index (κ2) is 8.00. The molecule has 0 fully saturated rings. The number of hydrogen-bond donors (Lipinski definition) is 2. The van der Waals surface area contributed by atoms with E-state index in [-0.39, 0.29) is 11.6 Å². The smallest absolute Gasteiger partial charge is 0.0846 e. The van der Waals surface area contributed by atoms with Crippen LogP contribution in [0, 0.1) is 0 Å². The second-order valence-electron chi connectivity index (χ2n) is 4.72. The number of nitrogens with one attached hydrogen (secondary N) is 1. The first-order valence-corrected chi connectivity index (χ1v) is 7.76. The van der Waals surface area contributed by atoms with Crippen LogP contribution in [-0.2, 0) is 11.2 Å². The van der Waals surface area contributed by atoms with E-state index in [0.717, 1.165) is 23.7 Å².